The van der Waals surface area contributed by atoms with Crippen LogP contribution >= 0.6 is 0 Å². The van der Waals surface area contributed by atoms with E-state index in [1.54, 1.807) is 0 Å². The Morgan fingerprint density at radius 2 is 0.721 bits per heavy atom. The van der Waals surface area contributed by atoms with E-state index in [4.69, 9.17) is 4.42 Å². The van der Waals surface area contributed by atoms with Crippen molar-refractivity contribution >= 4 is 71.3 Å². The van der Waals surface area contributed by atoms with Crippen molar-refractivity contribution in [2.24, 2.45) is 0 Å². The monoisotopic (exact) mass is 865 g/mol. The van der Waals surface area contributed by atoms with Crippen molar-refractivity contribution in [1.29, 1.82) is 0 Å². The molecule has 2 nitrogen and oxygen atoms in total. The van der Waals surface area contributed by atoms with Gasteiger partial charge in [0.1, 0.15) is 11.2 Å². The summed E-state index contributed by atoms with van der Waals surface area (Å²) in [5.41, 5.74) is 16.8. The molecule has 68 heavy (non-hydrogen) atoms. The molecule has 0 saturated carbocycles. The fourth-order valence-corrected chi connectivity index (χ4v) is 10.4. The smallest absolute Gasteiger partial charge is 0.143 e. The molecule has 0 spiro atoms. The topological polar surface area (TPSA) is 16.4 Å². The Morgan fingerprint density at radius 1 is 0.265 bits per heavy atom. The summed E-state index contributed by atoms with van der Waals surface area (Å²) in [6.45, 7) is 0. The van der Waals surface area contributed by atoms with Crippen LogP contribution in [0.25, 0.3) is 110 Å². The highest BCUT2D eigenvalue weighted by Gasteiger charge is 2.21. The number of hydrogen-bond donors (Lipinski definition) is 0. The average Bonchev–Trinajstić information content (AvgIpc) is 3.81. The maximum Gasteiger partial charge on any atom is 0.143 e. The third-order valence-electron chi connectivity index (χ3n) is 13.7. The molecule has 13 rings (SSSR count). The van der Waals surface area contributed by atoms with E-state index in [0.29, 0.717) is 0 Å². The second-order valence-corrected chi connectivity index (χ2v) is 17.6. The number of furan rings is 1. The molecule has 0 aliphatic rings. The fourth-order valence-electron chi connectivity index (χ4n) is 10.4. The minimum absolute atomic E-state index is 0.889. The standard InChI is InChI=1S/C66H43NO/c1-2-13-48(14-3-1)59-41-36-52(58-24-11-19-47-16-5-8-21-56(47)58)43-63(59)67(53-37-31-45(32-38-53)44-27-29-50(30-28-44)57-23-10-18-46-15-4-7-20-55(46)57)54-39-33-51(34-40-54)60-25-12-26-64-65(60)62-42-35-49-17-6-9-22-61(49)66(62)68-64/h1-43H. The second-order valence-electron chi connectivity index (χ2n) is 17.6. The Hall–Kier alpha value is -8.98. The zero-order valence-corrected chi connectivity index (χ0v) is 37.2. The number of rotatable bonds is 8. The summed E-state index contributed by atoms with van der Waals surface area (Å²) < 4.78 is 6.61. The maximum atomic E-state index is 6.61. The molecule has 0 bridgehead atoms. The molecule has 13 aromatic rings. The van der Waals surface area contributed by atoms with Crippen molar-refractivity contribution in [2.45, 2.75) is 0 Å². The van der Waals surface area contributed by atoms with Crippen LogP contribution in [0.5, 0.6) is 0 Å². The molecule has 0 unspecified atom stereocenters. The second kappa shape index (κ2) is 16.5. The molecule has 318 valence electrons. The van der Waals surface area contributed by atoms with Gasteiger partial charge in [0.15, 0.2) is 0 Å². The molecule has 1 heterocycles. The third kappa shape index (κ3) is 6.82. The zero-order valence-electron chi connectivity index (χ0n) is 37.2. The van der Waals surface area contributed by atoms with E-state index in [2.05, 4.69) is 266 Å². The summed E-state index contributed by atoms with van der Waals surface area (Å²) in [6, 6.07) is 94.5. The van der Waals surface area contributed by atoms with Crippen molar-refractivity contribution in [3.05, 3.63) is 261 Å². The minimum Gasteiger partial charge on any atom is -0.455 e. The van der Waals surface area contributed by atoms with Crippen LogP contribution in [-0.2, 0) is 0 Å². The molecule has 0 N–H and O–H groups in total. The van der Waals surface area contributed by atoms with Crippen LogP contribution in [0.1, 0.15) is 0 Å². The molecule has 1 aromatic heterocycles. The zero-order chi connectivity index (χ0) is 45.0. The Balaban J connectivity index is 0.951. The van der Waals surface area contributed by atoms with E-state index in [9.17, 15) is 0 Å². The normalized spacial score (nSPS) is 11.5. The number of nitrogens with zero attached hydrogens (tertiary/aromatic N) is 1. The lowest BCUT2D eigenvalue weighted by Crippen LogP contribution is -2.11. The van der Waals surface area contributed by atoms with Gasteiger partial charge in [-0.1, -0.05) is 218 Å². The molecule has 0 aliphatic carbocycles. The van der Waals surface area contributed by atoms with Gasteiger partial charge in [0.05, 0.1) is 5.69 Å². The largest absolute Gasteiger partial charge is 0.455 e. The van der Waals surface area contributed by atoms with Gasteiger partial charge in [-0.3, -0.25) is 0 Å². The van der Waals surface area contributed by atoms with Gasteiger partial charge >= 0.3 is 0 Å². The van der Waals surface area contributed by atoms with E-state index >= 15 is 0 Å². The summed E-state index contributed by atoms with van der Waals surface area (Å²) >= 11 is 0. The van der Waals surface area contributed by atoms with Gasteiger partial charge in [-0.05, 0) is 119 Å². The van der Waals surface area contributed by atoms with E-state index in [1.165, 1.54) is 49.2 Å². The third-order valence-corrected chi connectivity index (χ3v) is 13.7. The van der Waals surface area contributed by atoms with Gasteiger partial charge in [-0.15, -0.1) is 0 Å². The molecular formula is C66H43NO. The van der Waals surface area contributed by atoms with Gasteiger partial charge < -0.3 is 9.32 Å². The van der Waals surface area contributed by atoms with Crippen LogP contribution in [0.3, 0.4) is 0 Å². The lowest BCUT2D eigenvalue weighted by molar-refractivity contribution is 0.673. The Morgan fingerprint density at radius 3 is 1.38 bits per heavy atom. The highest BCUT2D eigenvalue weighted by molar-refractivity contribution is 6.19. The Bertz CT molecular complexity index is 3990. The number of hydrogen-bond acceptors (Lipinski definition) is 2. The predicted octanol–water partition coefficient (Wildman–Crippen LogP) is 18.9. The lowest BCUT2D eigenvalue weighted by atomic mass is 9.93. The molecule has 0 amide bonds. The molecule has 0 atom stereocenters. The van der Waals surface area contributed by atoms with Crippen molar-refractivity contribution in [3.63, 3.8) is 0 Å². The first-order valence-corrected chi connectivity index (χ1v) is 23.3. The van der Waals surface area contributed by atoms with Crippen molar-refractivity contribution in [1.82, 2.24) is 0 Å². The van der Waals surface area contributed by atoms with Crippen LogP contribution in [-0.4, -0.2) is 0 Å². The van der Waals surface area contributed by atoms with Crippen LogP contribution < -0.4 is 4.90 Å². The van der Waals surface area contributed by atoms with E-state index in [1.807, 2.05) is 0 Å². The van der Waals surface area contributed by atoms with Gasteiger partial charge in [0.25, 0.3) is 0 Å². The summed E-state index contributed by atoms with van der Waals surface area (Å²) in [5.74, 6) is 0. The van der Waals surface area contributed by atoms with Crippen molar-refractivity contribution in [2.75, 3.05) is 4.90 Å². The highest BCUT2D eigenvalue weighted by atomic mass is 16.3. The summed E-state index contributed by atoms with van der Waals surface area (Å²) in [7, 11) is 0. The maximum absolute atomic E-state index is 6.61. The van der Waals surface area contributed by atoms with E-state index in [-0.39, 0.29) is 0 Å². The van der Waals surface area contributed by atoms with Crippen molar-refractivity contribution < 1.29 is 4.42 Å². The Kier molecular flexibility index (Phi) is 9.54. The molecular weight excluding hydrogens is 823 g/mol. The molecule has 2 heteroatoms. The lowest BCUT2D eigenvalue weighted by Gasteiger charge is -2.29. The molecule has 12 aromatic carbocycles. The van der Waals surface area contributed by atoms with E-state index in [0.717, 1.165) is 77.8 Å². The van der Waals surface area contributed by atoms with Crippen LogP contribution in [0.4, 0.5) is 17.1 Å². The van der Waals surface area contributed by atoms with Gasteiger partial charge in [-0.2, -0.15) is 0 Å². The van der Waals surface area contributed by atoms with Crippen LogP contribution in [0, 0.1) is 0 Å². The number of fused-ring (bicyclic) bond motifs is 7. The molecule has 0 radical (unpaired) electrons. The summed E-state index contributed by atoms with van der Waals surface area (Å²) in [4.78, 5) is 2.42. The first-order valence-electron chi connectivity index (χ1n) is 23.3. The van der Waals surface area contributed by atoms with Crippen molar-refractivity contribution in [3.8, 4) is 55.6 Å². The summed E-state index contributed by atoms with van der Waals surface area (Å²) in [5, 5.41) is 9.53. The molecule has 0 fully saturated rings. The van der Waals surface area contributed by atoms with E-state index < -0.39 is 0 Å². The summed E-state index contributed by atoms with van der Waals surface area (Å²) in [6.07, 6.45) is 0. The average molecular weight is 866 g/mol. The number of anilines is 3. The van der Waals surface area contributed by atoms with Gasteiger partial charge in [-0.25, -0.2) is 0 Å². The van der Waals surface area contributed by atoms with Crippen LogP contribution in [0.15, 0.2) is 265 Å². The quantitative estimate of drug-likeness (QED) is 0.151. The fraction of sp³-hybridized carbons (Fsp3) is 0. The van der Waals surface area contributed by atoms with Gasteiger partial charge in [0, 0.05) is 33.1 Å². The molecule has 0 aliphatic heterocycles. The first-order chi connectivity index (χ1) is 33.7. The predicted molar refractivity (Wildman–Crippen MR) is 288 cm³/mol. The molecule has 0 saturated heterocycles. The SMILES string of the molecule is c1ccc(-c2ccc(-c3cccc4ccccc34)cc2N(c2ccc(-c3ccc(-c4cccc5ccccc45)cc3)cc2)c2ccc(-c3cccc4oc5c6ccccc6ccc5c34)cc2)cc1. The Labute approximate surface area is 395 Å². The number of benzene rings is 12. The highest BCUT2D eigenvalue weighted by Crippen LogP contribution is 2.46. The van der Waals surface area contributed by atoms with Crippen LogP contribution in [0.2, 0.25) is 0 Å². The minimum atomic E-state index is 0.889. The first kappa shape index (κ1) is 39.4. The van der Waals surface area contributed by atoms with Gasteiger partial charge in [0.2, 0.25) is 0 Å².